The number of halogens is 2. The van der Waals surface area contributed by atoms with Gasteiger partial charge in [-0.3, -0.25) is 18.4 Å². The molecular formula is C8H12F2O3. The molecule has 0 saturated carbocycles. The third kappa shape index (κ3) is 7.36. The Morgan fingerprint density at radius 1 is 0.923 bits per heavy atom. The van der Waals surface area contributed by atoms with Gasteiger partial charge in [0, 0.05) is 12.8 Å². The molecule has 0 radical (unpaired) electrons. The van der Waals surface area contributed by atoms with Gasteiger partial charge >= 0.3 is 11.9 Å². The van der Waals surface area contributed by atoms with E-state index in [9.17, 15) is 18.4 Å². The van der Waals surface area contributed by atoms with Crippen molar-refractivity contribution in [3.8, 4) is 0 Å². The number of carbonyl (C=O) groups is 2. The molecular weight excluding hydrogens is 182 g/mol. The van der Waals surface area contributed by atoms with Gasteiger partial charge in [-0.25, -0.2) is 0 Å². The Bertz CT molecular complexity index is 153. The first-order chi connectivity index (χ1) is 6.20. The number of ether oxygens (including phenoxy) is 1. The fraction of sp³-hybridized carbons (Fsp3) is 0.750. The minimum Gasteiger partial charge on any atom is -0.393 e. The summed E-state index contributed by atoms with van der Waals surface area (Å²) in [6.45, 7) is -1.23. The van der Waals surface area contributed by atoms with E-state index in [-0.39, 0.29) is 25.7 Å². The van der Waals surface area contributed by atoms with Crippen LogP contribution >= 0.6 is 0 Å². The van der Waals surface area contributed by atoms with E-state index >= 15 is 0 Å². The van der Waals surface area contributed by atoms with Gasteiger partial charge in [0.25, 0.3) is 0 Å². The third-order valence-electron chi connectivity index (χ3n) is 1.26. The molecule has 0 unspecified atom stereocenters. The average Bonchev–Trinajstić information content (AvgIpc) is 2.11. The molecule has 0 aromatic heterocycles. The van der Waals surface area contributed by atoms with Crippen molar-refractivity contribution in [3.63, 3.8) is 0 Å². The molecule has 0 aliphatic rings. The maximum Gasteiger partial charge on any atom is 0.313 e. The van der Waals surface area contributed by atoms with Crippen molar-refractivity contribution in [2.75, 3.05) is 13.3 Å². The van der Waals surface area contributed by atoms with Gasteiger partial charge in [-0.05, 0) is 12.8 Å². The zero-order valence-electron chi connectivity index (χ0n) is 7.22. The van der Waals surface area contributed by atoms with E-state index < -0.39 is 25.3 Å². The summed E-state index contributed by atoms with van der Waals surface area (Å²) in [5.41, 5.74) is 0. The summed E-state index contributed by atoms with van der Waals surface area (Å²) in [4.78, 5) is 21.3. The summed E-state index contributed by atoms with van der Waals surface area (Å²) in [6, 6.07) is 0. The van der Waals surface area contributed by atoms with E-state index in [0.717, 1.165) is 0 Å². The first-order valence-electron chi connectivity index (χ1n) is 4.06. The van der Waals surface area contributed by atoms with Crippen LogP contribution in [0, 0.1) is 0 Å². The summed E-state index contributed by atoms with van der Waals surface area (Å²) < 4.78 is 27.3. The molecule has 0 amide bonds. The highest BCUT2D eigenvalue weighted by atomic mass is 19.1. The van der Waals surface area contributed by atoms with Crippen LogP contribution in [-0.2, 0) is 14.3 Å². The fourth-order valence-corrected chi connectivity index (χ4v) is 0.651. The van der Waals surface area contributed by atoms with E-state index in [0.29, 0.717) is 0 Å². The van der Waals surface area contributed by atoms with E-state index in [1.54, 1.807) is 0 Å². The molecule has 13 heavy (non-hydrogen) atoms. The topological polar surface area (TPSA) is 43.4 Å². The minimum atomic E-state index is -0.749. The zero-order chi connectivity index (χ0) is 10.1. The lowest BCUT2D eigenvalue weighted by atomic mass is 10.3. The average molecular weight is 194 g/mol. The van der Waals surface area contributed by atoms with Gasteiger partial charge in [0.2, 0.25) is 0 Å². The first-order valence-corrected chi connectivity index (χ1v) is 4.06. The van der Waals surface area contributed by atoms with Crippen LogP contribution in [0.15, 0.2) is 0 Å². The Kier molecular flexibility index (Phi) is 7.05. The summed E-state index contributed by atoms with van der Waals surface area (Å²) >= 11 is 0. The van der Waals surface area contributed by atoms with Crippen molar-refractivity contribution in [1.82, 2.24) is 0 Å². The normalized spacial score (nSPS) is 9.69. The molecule has 0 aromatic rings. The Labute approximate surface area is 75.1 Å². The van der Waals surface area contributed by atoms with Crippen molar-refractivity contribution in [2.45, 2.75) is 25.7 Å². The quantitative estimate of drug-likeness (QED) is 0.476. The lowest BCUT2D eigenvalue weighted by molar-refractivity contribution is -0.159. The summed E-state index contributed by atoms with van der Waals surface area (Å²) in [6.07, 6.45) is -0.125. The highest BCUT2D eigenvalue weighted by Crippen LogP contribution is 1.98. The molecule has 5 heteroatoms. The monoisotopic (exact) mass is 194 g/mol. The minimum absolute atomic E-state index is 0.0508. The first kappa shape index (κ1) is 12.0. The van der Waals surface area contributed by atoms with Crippen LogP contribution in [0.2, 0.25) is 0 Å². The van der Waals surface area contributed by atoms with Gasteiger partial charge < -0.3 is 4.74 Å². The fourth-order valence-electron chi connectivity index (χ4n) is 0.651. The van der Waals surface area contributed by atoms with Crippen LogP contribution in [0.25, 0.3) is 0 Å². The molecule has 0 aromatic carbocycles. The molecule has 0 aliphatic heterocycles. The van der Waals surface area contributed by atoms with Gasteiger partial charge in [-0.2, -0.15) is 0 Å². The molecule has 0 rings (SSSR count). The number of alkyl halides is 2. The number of carbonyl (C=O) groups excluding carboxylic acids is 2. The van der Waals surface area contributed by atoms with E-state index in [2.05, 4.69) is 4.74 Å². The van der Waals surface area contributed by atoms with Crippen molar-refractivity contribution in [3.05, 3.63) is 0 Å². The summed E-state index contributed by atoms with van der Waals surface area (Å²) in [5.74, 6) is -1.50. The lowest BCUT2D eigenvalue weighted by Gasteiger charge is -2.00. The molecule has 0 bridgehead atoms. The lowest BCUT2D eigenvalue weighted by Crippen LogP contribution is -2.12. The van der Waals surface area contributed by atoms with Crippen LogP contribution in [0.4, 0.5) is 8.78 Å². The molecule has 0 aliphatic carbocycles. The van der Waals surface area contributed by atoms with Crippen molar-refractivity contribution in [2.24, 2.45) is 0 Å². The van der Waals surface area contributed by atoms with Crippen LogP contribution in [0.5, 0.6) is 0 Å². The van der Waals surface area contributed by atoms with Crippen molar-refractivity contribution >= 4 is 11.9 Å². The predicted molar refractivity (Wildman–Crippen MR) is 41.5 cm³/mol. The molecule has 0 atom stereocenters. The van der Waals surface area contributed by atoms with Crippen molar-refractivity contribution < 1.29 is 23.1 Å². The molecule has 0 fully saturated rings. The van der Waals surface area contributed by atoms with E-state index in [1.807, 2.05) is 0 Å². The third-order valence-corrected chi connectivity index (χ3v) is 1.26. The maximum absolute atomic E-state index is 11.6. The van der Waals surface area contributed by atoms with Crippen LogP contribution < -0.4 is 0 Å². The molecule has 76 valence electrons. The molecule has 0 saturated heterocycles. The van der Waals surface area contributed by atoms with E-state index in [4.69, 9.17) is 0 Å². The second-order valence-electron chi connectivity index (χ2n) is 2.43. The SMILES string of the molecule is O=C(CCCF)OC(=O)CCCF. The van der Waals surface area contributed by atoms with E-state index in [1.165, 1.54) is 0 Å². The predicted octanol–water partition coefficient (Wildman–Crippen LogP) is 1.56. The molecule has 0 spiro atoms. The van der Waals surface area contributed by atoms with Gasteiger partial charge in [-0.1, -0.05) is 0 Å². The highest BCUT2D eigenvalue weighted by Gasteiger charge is 2.09. The number of rotatable bonds is 6. The highest BCUT2D eigenvalue weighted by molar-refractivity contribution is 5.85. The van der Waals surface area contributed by atoms with Crippen LogP contribution in [-0.4, -0.2) is 25.3 Å². The Hall–Kier alpha value is -1.00. The van der Waals surface area contributed by atoms with Gasteiger partial charge in [0.1, 0.15) is 0 Å². The second kappa shape index (κ2) is 7.64. The van der Waals surface area contributed by atoms with Crippen LogP contribution in [0.1, 0.15) is 25.7 Å². The Morgan fingerprint density at radius 3 is 1.62 bits per heavy atom. The molecule has 3 nitrogen and oxygen atoms in total. The van der Waals surface area contributed by atoms with Gasteiger partial charge in [0.15, 0.2) is 0 Å². The summed E-state index contributed by atoms with van der Waals surface area (Å²) in [7, 11) is 0. The number of esters is 2. The zero-order valence-corrected chi connectivity index (χ0v) is 7.22. The maximum atomic E-state index is 11.6. The Morgan fingerprint density at radius 2 is 1.31 bits per heavy atom. The van der Waals surface area contributed by atoms with Gasteiger partial charge in [0.05, 0.1) is 13.3 Å². The standard InChI is InChI=1S/C8H12F2O3/c9-5-1-3-7(11)13-8(12)4-2-6-10/h1-6H2. The Balaban J connectivity index is 3.47. The second-order valence-corrected chi connectivity index (χ2v) is 2.43. The van der Waals surface area contributed by atoms with Gasteiger partial charge in [-0.15, -0.1) is 0 Å². The van der Waals surface area contributed by atoms with Crippen LogP contribution in [0.3, 0.4) is 0 Å². The summed E-state index contributed by atoms with van der Waals surface area (Å²) in [5, 5.41) is 0. The number of hydrogen-bond acceptors (Lipinski definition) is 3. The molecule has 0 N–H and O–H groups in total. The van der Waals surface area contributed by atoms with Crippen molar-refractivity contribution in [1.29, 1.82) is 0 Å². The smallest absolute Gasteiger partial charge is 0.313 e. The molecule has 0 heterocycles. The number of hydrogen-bond donors (Lipinski definition) is 0. The largest absolute Gasteiger partial charge is 0.393 e.